The van der Waals surface area contributed by atoms with Gasteiger partial charge in [0.2, 0.25) is 0 Å². The average molecular weight is 291 g/mol. The number of rotatable bonds is 4. The van der Waals surface area contributed by atoms with Crippen molar-refractivity contribution in [2.24, 2.45) is 0 Å². The second-order valence-corrected chi connectivity index (χ2v) is 5.31. The van der Waals surface area contributed by atoms with Gasteiger partial charge in [0, 0.05) is 0 Å². The van der Waals surface area contributed by atoms with Crippen LogP contribution < -0.4 is 15.2 Å². The molecule has 0 fully saturated rings. The minimum absolute atomic E-state index is 0.0174. The molecule has 0 aliphatic heterocycles. The van der Waals surface area contributed by atoms with Gasteiger partial charge in [0.25, 0.3) is 0 Å². The van der Waals surface area contributed by atoms with Gasteiger partial charge in [-0.05, 0) is 32.0 Å². The maximum atomic E-state index is 12.9. The number of nitrogens with two attached hydrogens (primary N) is 1. The van der Waals surface area contributed by atoms with Crippen molar-refractivity contribution in [2.45, 2.75) is 20.0 Å². The highest BCUT2D eigenvalue weighted by molar-refractivity contribution is 7.91. The van der Waals surface area contributed by atoms with Gasteiger partial charge in [-0.3, -0.25) is 4.72 Å². The minimum atomic E-state index is -4.16. The van der Waals surface area contributed by atoms with Gasteiger partial charge >= 0.3 is 16.3 Å². The summed E-state index contributed by atoms with van der Waals surface area (Å²) in [7, 11) is -4.16. The number of anilines is 2. The topological polar surface area (TPSA) is 111 Å². The smallest absolute Gasteiger partial charge is 0.422 e. The van der Waals surface area contributed by atoms with Gasteiger partial charge in [0.1, 0.15) is 5.82 Å². The molecule has 0 aliphatic rings. The van der Waals surface area contributed by atoms with Crippen LogP contribution in [0.15, 0.2) is 18.2 Å². The van der Waals surface area contributed by atoms with Gasteiger partial charge in [0.15, 0.2) is 0 Å². The van der Waals surface area contributed by atoms with E-state index in [-0.39, 0.29) is 11.4 Å². The maximum absolute atomic E-state index is 12.9. The number of nitrogens with one attached hydrogen (secondary N) is 2. The number of hydrogen-bond acceptors (Lipinski definition) is 5. The Morgan fingerprint density at radius 3 is 2.58 bits per heavy atom. The molecule has 1 aromatic carbocycles. The van der Waals surface area contributed by atoms with Gasteiger partial charge in [0.05, 0.1) is 17.5 Å². The third kappa shape index (κ3) is 5.00. The Balaban J connectivity index is 2.74. The summed E-state index contributed by atoms with van der Waals surface area (Å²) in [6.07, 6.45) is -1.57. The molecule has 1 amide bonds. The van der Waals surface area contributed by atoms with E-state index >= 15 is 0 Å². The maximum Gasteiger partial charge on any atom is 0.422 e. The minimum Gasteiger partial charge on any atom is -0.446 e. The van der Waals surface area contributed by atoms with Crippen LogP contribution in [-0.2, 0) is 14.9 Å². The van der Waals surface area contributed by atoms with Crippen molar-refractivity contribution in [1.82, 2.24) is 4.72 Å². The standard InChI is InChI=1S/C10H14FN3O4S/c1-6(2)18-10(15)14-19(16,17)13-7-3-4-8(11)9(12)5-7/h3-6,13H,12H2,1-2H3,(H,14,15). The number of carbonyl (C=O) groups excluding carboxylic acids is 1. The van der Waals surface area contributed by atoms with Crippen molar-refractivity contribution in [3.05, 3.63) is 24.0 Å². The fraction of sp³-hybridized carbons (Fsp3) is 0.300. The number of amides is 1. The Labute approximate surface area is 110 Å². The number of benzene rings is 1. The zero-order valence-electron chi connectivity index (χ0n) is 10.3. The summed E-state index contributed by atoms with van der Waals surface area (Å²) >= 11 is 0. The van der Waals surface area contributed by atoms with Crippen LogP contribution in [0.1, 0.15) is 13.8 Å². The van der Waals surface area contributed by atoms with Crippen LogP contribution in [0.3, 0.4) is 0 Å². The van der Waals surface area contributed by atoms with Gasteiger partial charge < -0.3 is 10.5 Å². The average Bonchev–Trinajstić information content (AvgIpc) is 2.20. The Morgan fingerprint density at radius 1 is 1.42 bits per heavy atom. The first-order valence-electron chi connectivity index (χ1n) is 5.26. The van der Waals surface area contributed by atoms with Crippen LogP contribution in [0, 0.1) is 5.82 Å². The number of ether oxygens (including phenoxy) is 1. The van der Waals surface area contributed by atoms with Gasteiger partial charge in [-0.15, -0.1) is 0 Å². The molecule has 7 nitrogen and oxygen atoms in total. The molecular weight excluding hydrogens is 277 g/mol. The second-order valence-electron chi connectivity index (χ2n) is 3.90. The first-order chi connectivity index (χ1) is 8.69. The van der Waals surface area contributed by atoms with Crippen molar-refractivity contribution >= 4 is 27.7 Å². The molecule has 0 spiro atoms. The lowest BCUT2D eigenvalue weighted by molar-refractivity contribution is 0.121. The Kier molecular flexibility index (Phi) is 4.54. The molecule has 0 saturated heterocycles. The molecule has 0 radical (unpaired) electrons. The summed E-state index contributed by atoms with van der Waals surface area (Å²) < 4.78 is 44.2. The monoisotopic (exact) mass is 291 g/mol. The van der Waals surface area contributed by atoms with E-state index < -0.39 is 28.2 Å². The molecule has 0 aliphatic carbocycles. The predicted molar refractivity (Wildman–Crippen MR) is 68.1 cm³/mol. The molecule has 106 valence electrons. The first-order valence-corrected chi connectivity index (χ1v) is 6.74. The van der Waals surface area contributed by atoms with E-state index in [0.717, 1.165) is 12.1 Å². The largest absolute Gasteiger partial charge is 0.446 e. The number of carbonyl (C=O) groups is 1. The predicted octanol–water partition coefficient (Wildman–Crippen LogP) is 1.20. The molecule has 0 aromatic heterocycles. The van der Waals surface area contributed by atoms with Crippen LogP contribution in [-0.4, -0.2) is 20.6 Å². The van der Waals surface area contributed by atoms with E-state index in [0.29, 0.717) is 0 Å². The van der Waals surface area contributed by atoms with Crippen molar-refractivity contribution in [1.29, 1.82) is 0 Å². The first kappa shape index (κ1) is 15.0. The third-order valence-corrected chi connectivity index (χ3v) is 2.75. The summed E-state index contributed by atoms with van der Waals surface area (Å²) in [6.45, 7) is 3.14. The third-order valence-electron chi connectivity index (χ3n) is 1.81. The summed E-state index contributed by atoms with van der Waals surface area (Å²) in [5.41, 5.74) is 5.08. The summed E-state index contributed by atoms with van der Waals surface area (Å²) in [4.78, 5) is 11.1. The van der Waals surface area contributed by atoms with E-state index in [4.69, 9.17) is 5.73 Å². The van der Waals surface area contributed by atoms with E-state index in [1.165, 1.54) is 6.07 Å². The zero-order valence-corrected chi connectivity index (χ0v) is 11.1. The molecule has 1 rings (SSSR count). The molecular formula is C10H14FN3O4S. The fourth-order valence-electron chi connectivity index (χ4n) is 1.14. The summed E-state index contributed by atoms with van der Waals surface area (Å²) in [5.74, 6) is -0.671. The SMILES string of the molecule is CC(C)OC(=O)NS(=O)(=O)Nc1ccc(F)c(N)c1. The molecule has 0 saturated carbocycles. The Morgan fingerprint density at radius 2 is 2.05 bits per heavy atom. The van der Waals surface area contributed by atoms with Crippen molar-refractivity contribution < 1.29 is 22.3 Å². The lowest BCUT2D eigenvalue weighted by Crippen LogP contribution is -2.36. The van der Waals surface area contributed by atoms with Gasteiger partial charge in [-0.1, -0.05) is 0 Å². The van der Waals surface area contributed by atoms with E-state index in [9.17, 15) is 17.6 Å². The van der Waals surface area contributed by atoms with E-state index in [1.54, 1.807) is 18.6 Å². The van der Waals surface area contributed by atoms with Crippen molar-refractivity contribution in [3.63, 3.8) is 0 Å². The van der Waals surface area contributed by atoms with Gasteiger partial charge in [-0.25, -0.2) is 13.9 Å². The molecule has 4 N–H and O–H groups in total. The molecule has 1 aromatic rings. The number of halogens is 1. The zero-order chi connectivity index (χ0) is 14.6. The number of nitrogen functional groups attached to an aromatic ring is 1. The number of hydrogen-bond donors (Lipinski definition) is 3. The summed E-state index contributed by atoms with van der Waals surface area (Å²) in [6, 6.07) is 3.25. The van der Waals surface area contributed by atoms with E-state index in [2.05, 4.69) is 4.74 Å². The van der Waals surface area contributed by atoms with Crippen LogP contribution in [0.2, 0.25) is 0 Å². The molecule has 0 unspecified atom stereocenters. The van der Waals surface area contributed by atoms with Crippen molar-refractivity contribution in [2.75, 3.05) is 10.5 Å². The lowest BCUT2D eigenvalue weighted by atomic mass is 10.3. The molecule has 19 heavy (non-hydrogen) atoms. The van der Waals surface area contributed by atoms with Crippen molar-refractivity contribution in [3.8, 4) is 0 Å². The quantitative estimate of drug-likeness (QED) is 0.722. The normalized spacial score (nSPS) is 11.2. The fourth-order valence-corrected chi connectivity index (χ4v) is 1.89. The molecule has 9 heteroatoms. The summed E-state index contributed by atoms with van der Waals surface area (Å²) in [5, 5.41) is 0. The highest BCUT2D eigenvalue weighted by atomic mass is 32.2. The highest BCUT2D eigenvalue weighted by Crippen LogP contribution is 2.16. The Bertz CT molecular complexity index is 574. The Hall–Kier alpha value is -2.03. The van der Waals surface area contributed by atoms with Crippen LogP contribution >= 0.6 is 0 Å². The van der Waals surface area contributed by atoms with Crippen LogP contribution in [0.5, 0.6) is 0 Å². The van der Waals surface area contributed by atoms with Crippen LogP contribution in [0.4, 0.5) is 20.6 Å². The second kappa shape index (κ2) is 5.74. The molecule has 0 bridgehead atoms. The lowest BCUT2D eigenvalue weighted by Gasteiger charge is -2.11. The van der Waals surface area contributed by atoms with E-state index in [1.807, 2.05) is 4.72 Å². The van der Waals surface area contributed by atoms with Gasteiger partial charge in [-0.2, -0.15) is 8.42 Å². The molecule has 0 heterocycles. The highest BCUT2D eigenvalue weighted by Gasteiger charge is 2.16. The van der Waals surface area contributed by atoms with Crippen LogP contribution in [0.25, 0.3) is 0 Å². The molecule has 0 atom stereocenters.